The molecule has 0 unspecified atom stereocenters. The zero-order valence-electron chi connectivity index (χ0n) is 14.3. The van der Waals surface area contributed by atoms with E-state index in [1.807, 2.05) is 30.3 Å². The molecule has 0 aliphatic carbocycles. The monoisotopic (exact) mass is 332 g/mol. The SMILES string of the molecule is C#CCNC(=O)[C@H](COCc1ccccc1)NC(=O)OC(C)(C)C. The molecule has 0 aliphatic rings. The van der Waals surface area contributed by atoms with Gasteiger partial charge in [-0.1, -0.05) is 36.3 Å². The summed E-state index contributed by atoms with van der Waals surface area (Å²) >= 11 is 0. The van der Waals surface area contributed by atoms with Crippen molar-refractivity contribution >= 4 is 12.0 Å². The van der Waals surface area contributed by atoms with Gasteiger partial charge in [-0.2, -0.15) is 0 Å². The molecule has 24 heavy (non-hydrogen) atoms. The van der Waals surface area contributed by atoms with E-state index in [0.717, 1.165) is 5.56 Å². The van der Waals surface area contributed by atoms with Crippen LogP contribution in [0.3, 0.4) is 0 Å². The van der Waals surface area contributed by atoms with Gasteiger partial charge in [-0.25, -0.2) is 4.79 Å². The van der Waals surface area contributed by atoms with Gasteiger partial charge < -0.3 is 20.1 Å². The molecule has 1 atom stereocenters. The Morgan fingerprint density at radius 3 is 2.50 bits per heavy atom. The van der Waals surface area contributed by atoms with Crippen molar-refractivity contribution in [2.75, 3.05) is 13.2 Å². The van der Waals surface area contributed by atoms with Crippen molar-refractivity contribution in [3.8, 4) is 12.3 Å². The molecule has 0 heterocycles. The number of terminal acetylenes is 1. The zero-order valence-corrected chi connectivity index (χ0v) is 14.3. The van der Waals surface area contributed by atoms with Crippen LogP contribution in [-0.4, -0.2) is 36.8 Å². The van der Waals surface area contributed by atoms with Gasteiger partial charge in [0.25, 0.3) is 0 Å². The molecule has 0 saturated heterocycles. The largest absolute Gasteiger partial charge is 0.444 e. The molecule has 6 nitrogen and oxygen atoms in total. The van der Waals surface area contributed by atoms with Crippen LogP contribution in [0.2, 0.25) is 0 Å². The Morgan fingerprint density at radius 1 is 1.25 bits per heavy atom. The average molecular weight is 332 g/mol. The maximum atomic E-state index is 12.1. The van der Waals surface area contributed by atoms with Crippen molar-refractivity contribution in [1.29, 1.82) is 0 Å². The minimum atomic E-state index is -0.892. The summed E-state index contributed by atoms with van der Waals surface area (Å²) in [5.41, 5.74) is 0.312. The second kappa shape index (κ2) is 9.58. The van der Waals surface area contributed by atoms with Crippen LogP contribution in [0.25, 0.3) is 0 Å². The van der Waals surface area contributed by atoms with E-state index in [1.54, 1.807) is 20.8 Å². The molecule has 2 amide bonds. The lowest BCUT2D eigenvalue weighted by molar-refractivity contribution is -0.124. The summed E-state index contributed by atoms with van der Waals surface area (Å²) in [5.74, 6) is 1.89. The molecule has 0 aliphatic heterocycles. The first-order valence-electron chi connectivity index (χ1n) is 7.64. The number of carbonyl (C=O) groups excluding carboxylic acids is 2. The van der Waals surface area contributed by atoms with Crippen molar-refractivity contribution in [1.82, 2.24) is 10.6 Å². The fourth-order valence-corrected chi connectivity index (χ4v) is 1.76. The second-order valence-corrected chi connectivity index (χ2v) is 6.12. The summed E-state index contributed by atoms with van der Waals surface area (Å²) in [6.07, 6.45) is 4.44. The van der Waals surface area contributed by atoms with E-state index in [-0.39, 0.29) is 13.2 Å². The minimum absolute atomic E-state index is 0.00451. The maximum Gasteiger partial charge on any atom is 0.408 e. The number of hydrogen-bond donors (Lipinski definition) is 2. The third-order valence-electron chi connectivity index (χ3n) is 2.77. The van der Waals surface area contributed by atoms with Crippen molar-refractivity contribution in [3.05, 3.63) is 35.9 Å². The highest BCUT2D eigenvalue weighted by atomic mass is 16.6. The number of alkyl carbamates (subject to hydrolysis) is 1. The highest BCUT2D eigenvalue weighted by molar-refractivity contribution is 5.86. The lowest BCUT2D eigenvalue weighted by Crippen LogP contribution is -2.50. The summed E-state index contributed by atoms with van der Waals surface area (Å²) in [6.45, 7) is 5.63. The molecule has 0 bridgehead atoms. The summed E-state index contributed by atoms with van der Waals surface area (Å²) in [6, 6.07) is 8.63. The van der Waals surface area contributed by atoms with E-state index >= 15 is 0 Å². The Hall–Kier alpha value is -2.52. The molecule has 1 aromatic carbocycles. The van der Waals surface area contributed by atoms with Gasteiger partial charge in [0.05, 0.1) is 19.8 Å². The van der Waals surface area contributed by atoms with Crippen LogP contribution in [0.4, 0.5) is 4.79 Å². The van der Waals surface area contributed by atoms with E-state index in [0.29, 0.717) is 6.61 Å². The Morgan fingerprint density at radius 2 is 1.92 bits per heavy atom. The number of rotatable bonds is 7. The Balaban J connectivity index is 2.58. The van der Waals surface area contributed by atoms with Gasteiger partial charge >= 0.3 is 6.09 Å². The minimum Gasteiger partial charge on any atom is -0.444 e. The van der Waals surface area contributed by atoms with Crippen LogP contribution in [0.5, 0.6) is 0 Å². The standard InChI is InChI=1S/C18H24N2O4/c1-5-11-19-16(21)15(20-17(22)24-18(2,3)4)13-23-12-14-9-7-6-8-10-14/h1,6-10,15H,11-13H2,2-4H3,(H,19,21)(H,20,22)/t15-/m0/s1. The second-order valence-electron chi connectivity index (χ2n) is 6.12. The van der Waals surface area contributed by atoms with E-state index in [4.69, 9.17) is 15.9 Å². The first kappa shape index (κ1) is 19.5. The molecule has 0 spiro atoms. The van der Waals surface area contributed by atoms with E-state index in [1.165, 1.54) is 0 Å². The van der Waals surface area contributed by atoms with Crippen molar-refractivity contribution in [2.45, 2.75) is 39.0 Å². The average Bonchev–Trinajstić information content (AvgIpc) is 2.51. The van der Waals surface area contributed by atoms with Gasteiger partial charge in [0.15, 0.2) is 0 Å². The first-order chi connectivity index (χ1) is 11.3. The first-order valence-corrected chi connectivity index (χ1v) is 7.64. The highest BCUT2D eigenvalue weighted by Gasteiger charge is 2.24. The van der Waals surface area contributed by atoms with Crippen LogP contribution in [0.1, 0.15) is 26.3 Å². The van der Waals surface area contributed by atoms with Crippen LogP contribution in [0, 0.1) is 12.3 Å². The number of amides is 2. The van der Waals surface area contributed by atoms with Gasteiger partial charge in [0.1, 0.15) is 11.6 Å². The van der Waals surface area contributed by atoms with Gasteiger partial charge in [0.2, 0.25) is 5.91 Å². The molecule has 0 fully saturated rings. The number of nitrogens with one attached hydrogen (secondary N) is 2. The van der Waals surface area contributed by atoms with Gasteiger partial charge in [-0.3, -0.25) is 4.79 Å². The Labute approximate surface area is 142 Å². The normalized spacial score (nSPS) is 11.9. The van der Waals surface area contributed by atoms with Crippen molar-refractivity contribution in [3.63, 3.8) is 0 Å². The lowest BCUT2D eigenvalue weighted by Gasteiger charge is -2.23. The van der Waals surface area contributed by atoms with Crippen molar-refractivity contribution < 1.29 is 19.1 Å². The Kier molecular flexibility index (Phi) is 7.80. The molecule has 0 radical (unpaired) electrons. The van der Waals surface area contributed by atoms with Gasteiger partial charge in [-0.15, -0.1) is 6.42 Å². The quantitative estimate of drug-likeness (QED) is 0.747. The van der Waals surface area contributed by atoms with Crippen LogP contribution in [0.15, 0.2) is 30.3 Å². The number of benzene rings is 1. The van der Waals surface area contributed by atoms with Crippen LogP contribution in [-0.2, 0) is 20.9 Å². The molecule has 0 saturated carbocycles. The summed E-state index contributed by atoms with van der Waals surface area (Å²) < 4.78 is 10.7. The highest BCUT2D eigenvalue weighted by Crippen LogP contribution is 2.07. The van der Waals surface area contributed by atoms with E-state index in [9.17, 15) is 9.59 Å². The molecular weight excluding hydrogens is 308 g/mol. The fourth-order valence-electron chi connectivity index (χ4n) is 1.76. The Bertz CT molecular complexity index is 573. The summed E-state index contributed by atoms with van der Waals surface area (Å²) in [4.78, 5) is 24.0. The topological polar surface area (TPSA) is 76.7 Å². The number of ether oxygens (including phenoxy) is 2. The summed E-state index contributed by atoms with van der Waals surface area (Å²) in [5, 5.41) is 5.03. The van der Waals surface area contributed by atoms with E-state index < -0.39 is 23.6 Å². The molecule has 6 heteroatoms. The third-order valence-corrected chi connectivity index (χ3v) is 2.77. The molecule has 1 rings (SSSR count). The number of carbonyl (C=O) groups is 2. The fraction of sp³-hybridized carbons (Fsp3) is 0.444. The number of hydrogen-bond acceptors (Lipinski definition) is 4. The molecule has 1 aromatic rings. The van der Waals surface area contributed by atoms with Crippen molar-refractivity contribution in [2.24, 2.45) is 0 Å². The van der Waals surface area contributed by atoms with Gasteiger partial charge in [-0.05, 0) is 26.3 Å². The van der Waals surface area contributed by atoms with Crippen LogP contribution >= 0.6 is 0 Å². The van der Waals surface area contributed by atoms with Crippen LogP contribution < -0.4 is 10.6 Å². The maximum absolute atomic E-state index is 12.1. The molecular formula is C18H24N2O4. The zero-order chi connectivity index (χ0) is 18.0. The lowest BCUT2D eigenvalue weighted by atomic mass is 10.2. The molecule has 2 N–H and O–H groups in total. The third kappa shape index (κ3) is 8.20. The smallest absolute Gasteiger partial charge is 0.408 e. The van der Waals surface area contributed by atoms with Gasteiger partial charge in [0, 0.05) is 0 Å². The predicted octanol–water partition coefficient (Wildman–Crippen LogP) is 1.85. The van der Waals surface area contributed by atoms with E-state index in [2.05, 4.69) is 16.6 Å². The molecule has 130 valence electrons. The summed E-state index contributed by atoms with van der Waals surface area (Å²) in [7, 11) is 0. The predicted molar refractivity (Wildman–Crippen MR) is 91.1 cm³/mol. The molecule has 0 aromatic heterocycles.